The van der Waals surface area contributed by atoms with Crippen LogP contribution < -0.4 is 0 Å². The van der Waals surface area contributed by atoms with Crippen molar-refractivity contribution >= 4 is 18.1 Å². The summed E-state index contributed by atoms with van der Waals surface area (Å²) in [5, 5.41) is 4.72. The first-order valence-electron chi connectivity index (χ1n) is 12.4. The van der Waals surface area contributed by atoms with E-state index in [-0.39, 0.29) is 10.7 Å². The SMILES string of the molecule is C=O.Cc1nn(-c2ncccc2Cn2ccnc2C)cc1CN1CCC2(CC1)OCCc1cc(F)sc12. The molecule has 1 fully saturated rings. The lowest BCUT2D eigenvalue weighted by Crippen LogP contribution is -2.45. The second-order valence-electron chi connectivity index (χ2n) is 9.55. The molecule has 1 spiro atoms. The monoisotopic (exact) mass is 522 g/mol. The molecule has 0 aliphatic carbocycles. The minimum atomic E-state index is -0.313. The summed E-state index contributed by atoms with van der Waals surface area (Å²) < 4.78 is 24.3. The van der Waals surface area contributed by atoms with Gasteiger partial charge in [-0.1, -0.05) is 6.07 Å². The zero-order valence-electron chi connectivity index (χ0n) is 21.2. The number of rotatable bonds is 5. The van der Waals surface area contributed by atoms with Gasteiger partial charge in [-0.05, 0) is 50.8 Å². The quantitative estimate of drug-likeness (QED) is 0.391. The number of carbonyl (C=O) groups is 1. The molecular formula is C27H31FN6O2S. The molecule has 0 aromatic carbocycles. The molecule has 1 saturated heterocycles. The third kappa shape index (κ3) is 5.01. The standard InChI is InChI=1S/C26H29FN6OS.CH2O/c1-18-22(15-31-10-6-26(7-11-31)24-20(5-13-34-26)14-23(27)35-24)17-33(30-18)25-21(4-3-8-29-25)16-32-12-9-28-19(32)2;1-2/h3-4,8-9,12,14,17H,5-7,10-11,13,15-16H2,1-2H3;1H2. The zero-order valence-corrected chi connectivity index (χ0v) is 22.0. The van der Waals surface area contributed by atoms with Crippen molar-refractivity contribution < 1.29 is 13.9 Å². The highest BCUT2D eigenvalue weighted by atomic mass is 32.1. The van der Waals surface area contributed by atoms with E-state index in [0.29, 0.717) is 13.2 Å². The first-order valence-corrected chi connectivity index (χ1v) is 13.2. The van der Waals surface area contributed by atoms with Gasteiger partial charge < -0.3 is 14.1 Å². The van der Waals surface area contributed by atoms with Crippen LogP contribution in [0.15, 0.2) is 43.0 Å². The van der Waals surface area contributed by atoms with Crippen molar-refractivity contribution in [1.29, 1.82) is 0 Å². The highest BCUT2D eigenvalue weighted by Gasteiger charge is 2.42. The molecule has 4 aromatic heterocycles. The fourth-order valence-corrected chi connectivity index (χ4v) is 6.48. The lowest BCUT2D eigenvalue weighted by Gasteiger charge is -2.43. The number of nitrogens with zero attached hydrogens (tertiary/aromatic N) is 6. The Kier molecular flexibility index (Phi) is 7.32. The Morgan fingerprint density at radius 3 is 2.70 bits per heavy atom. The van der Waals surface area contributed by atoms with Crippen LogP contribution in [0.1, 0.15) is 45.9 Å². The molecule has 2 aliphatic rings. The average molecular weight is 523 g/mol. The predicted molar refractivity (Wildman–Crippen MR) is 139 cm³/mol. The summed E-state index contributed by atoms with van der Waals surface area (Å²) in [6, 6.07) is 5.76. The molecular weight excluding hydrogens is 491 g/mol. The number of aryl methyl sites for hydroxylation is 2. The number of pyridine rings is 1. The normalized spacial score (nSPS) is 16.8. The summed E-state index contributed by atoms with van der Waals surface area (Å²) in [7, 11) is 0. The van der Waals surface area contributed by atoms with Gasteiger partial charge in [-0.15, -0.1) is 11.3 Å². The average Bonchev–Trinajstić information content (AvgIpc) is 3.61. The highest BCUT2D eigenvalue weighted by Crippen LogP contribution is 2.45. The number of likely N-dealkylation sites (tertiary alicyclic amines) is 1. The summed E-state index contributed by atoms with van der Waals surface area (Å²) >= 11 is 1.27. The van der Waals surface area contributed by atoms with Crippen molar-refractivity contribution in [2.45, 2.75) is 51.8 Å². The van der Waals surface area contributed by atoms with Gasteiger partial charge in [0.2, 0.25) is 0 Å². The largest absolute Gasteiger partial charge is 0.369 e. The van der Waals surface area contributed by atoms with Crippen molar-refractivity contribution in [3.05, 3.63) is 81.2 Å². The van der Waals surface area contributed by atoms with Gasteiger partial charge in [0.1, 0.15) is 18.2 Å². The maximum atomic E-state index is 14.0. The minimum Gasteiger partial charge on any atom is -0.369 e. The Balaban J connectivity index is 0.00000137. The topological polar surface area (TPSA) is 78.1 Å². The van der Waals surface area contributed by atoms with E-state index in [2.05, 4.69) is 38.6 Å². The first-order chi connectivity index (χ1) is 18.0. The maximum absolute atomic E-state index is 14.0. The van der Waals surface area contributed by atoms with Crippen LogP contribution in [-0.4, -0.2) is 55.7 Å². The minimum absolute atomic E-state index is 0.0950. The molecule has 0 unspecified atom stereocenters. The lowest BCUT2D eigenvalue weighted by atomic mass is 9.85. The molecule has 8 nitrogen and oxygen atoms in total. The number of piperidine rings is 1. The molecule has 10 heteroatoms. The van der Waals surface area contributed by atoms with E-state index >= 15 is 0 Å². The van der Waals surface area contributed by atoms with Crippen LogP contribution in [0.2, 0.25) is 0 Å². The first kappa shape index (κ1) is 25.4. The molecule has 194 valence electrons. The van der Waals surface area contributed by atoms with Crippen LogP contribution in [0, 0.1) is 19.0 Å². The summed E-state index contributed by atoms with van der Waals surface area (Å²) in [5.41, 5.74) is 4.13. The molecule has 37 heavy (non-hydrogen) atoms. The molecule has 0 bridgehead atoms. The smallest absolute Gasteiger partial charge is 0.177 e. The fourth-order valence-electron chi connectivity index (χ4n) is 5.35. The maximum Gasteiger partial charge on any atom is 0.177 e. The third-order valence-corrected chi connectivity index (χ3v) is 8.50. The van der Waals surface area contributed by atoms with Gasteiger partial charge in [-0.25, -0.2) is 14.6 Å². The predicted octanol–water partition coefficient (Wildman–Crippen LogP) is 4.21. The van der Waals surface area contributed by atoms with Crippen molar-refractivity contribution in [2.24, 2.45) is 0 Å². The molecule has 4 aromatic rings. The van der Waals surface area contributed by atoms with Gasteiger partial charge in [-0.3, -0.25) is 4.90 Å². The molecule has 0 amide bonds. The van der Waals surface area contributed by atoms with Gasteiger partial charge in [0.25, 0.3) is 0 Å². The number of thiophene rings is 1. The van der Waals surface area contributed by atoms with E-state index in [0.717, 1.165) is 72.2 Å². The summed E-state index contributed by atoms with van der Waals surface area (Å²) in [6.45, 7) is 10.1. The molecule has 6 rings (SSSR count). The van der Waals surface area contributed by atoms with Crippen LogP contribution in [-0.2, 0) is 34.6 Å². The number of ether oxygens (including phenoxy) is 1. The Morgan fingerprint density at radius 1 is 1.14 bits per heavy atom. The van der Waals surface area contributed by atoms with Crippen molar-refractivity contribution in [2.75, 3.05) is 19.7 Å². The van der Waals surface area contributed by atoms with Crippen molar-refractivity contribution in [3.8, 4) is 5.82 Å². The number of hydrogen-bond donors (Lipinski definition) is 0. The second-order valence-corrected chi connectivity index (χ2v) is 10.5. The van der Waals surface area contributed by atoms with E-state index in [9.17, 15) is 4.39 Å². The summed E-state index contributed by atoms with van der Waals surface area (Å²) in [6.07, 6.45) is 10.3. The van der Waals surface area contributed by atoms with Crippen LogP contribution in [0.4, 0.5) is 4.39 Å². The molecule has 0 N–H and O–H groups in total. The summed E-state index contributed by atoms with van der Waals surface area (Å²) in [4.78, 5) is 20.5. The van der Waals surface area contributed by atoms with Crippen molar-refractivity contribution in [1.82, 2.24) is 29.2 Å². The molecule has 6 heterocycles. The van der Waals surface area contributed by atoms with E-state index in [1.807, 2.05) is 43.1 Å². The van der Waals surface area contributed by atoms with Crippen LogP contribution in [0.5, 0.6) is 0 Å². The van der Waals surface area contributed by atoms with Gasteiger partial charge in [0.15, 0.2) is 10.9 Å². The van der Waals surface area contributed by atoms with E-state index < -0.39 is 0 Å². The Bertz CT molecular complexity index is 1370. The van der Waals surface area contributed by atoms with Gasteiger partial charge in [-0.2, -0.15) is 9.49 Å². The number of imidazole rings is 1. The van der Waals surface area contributed by atoms with Crippen LogP contribution >= 0.6 is 11.3 Å². The fraction of sp³-hybridized carbons (Fsp3) is 0.407. The van der Waals surface area contributed by atoms with Gasteiger partial charge in [0.05, 0.1) is 18.8 Å². The van der Waals surface area contributed by atoms with E-state index in [1.165, 1.54) is 16.9 Å². The van der Waals surface area contributed by atoms with Crippen LogP contribution in [0.25, 0.3) is 5.82 Å². The highest BCUT2D eigenvalue weighted by molar-refractivity contribution is 7.10. The van der Waals surface area contributed by atoms with Gasteiger partial charge in [0, 0.05) is 60.4 Å². The molecule has 2 aliphatic heterocycles. The Hall–Kier alpha value is -3.21. The lowest BCUT2D eigenvalue weighted by molar-refractivity contribution is -0.0980. The third-order valence-electron chi connectivity index (χ3n) is 7.35. The molecule has 0 saturated carbocycles. The van der Waals surface area contributed by atoms with Crippen LogP contribution in [0.3, 0.4) is 0 Å². The number of fused-ring (bicyclic) bond motifs is 2. The second kappa shape index (κ2) is 10.6. The Labute approximate surface area is 219 Å². The number of aromatic nitrogens is 5. The molecule has 0 atom stereocenters. The Morgan fingerprint density at radius 2 is 1.95 bits per heavy atom. The van der Waals surface area contributed by atoms with Crippen molar-refractivity contribution in [3.63, 3.8) is 0 Å². The zero-order chi connectivity index (χ0) is 26.0. The van der Waals surface area contributed by atoms with E-state index in [4.69, 9.17) is 14.6 Å². The van der Waals surface area contributed by atoms with E-state index in [1.54, 1.807) is 6.07 Å². The summed E-state index contributed by atoms with van der Waals surface area (Å²) in [5.74, 6) is 1.81. The van der Waals surface area contributed by atoms with Gasteiger partial charge >= 0.3 is 0 Å². The number of halogens is 1. The number of hydrogen-bond acceptors (Lipinski definition) is 7. The number of carbonyl (C=O) groups excluding carboxylic acids is 1. The molecule has 0 radical (unpaired) electrons.